The highest BCUT2D eigenvalue weighted by molar-refractivity contribution is 7.17. The smallest absolute Gasteiger partial charge is 0.138 e. The van der Waals surface area contributed by atoms with Gasteiger partial charge in [-0.3, -0.25) is 0 Å². The first-order chi connectivity index (χ1) is 10.3. The molecule has 0 saturated heterocycles. The third-order valence-corrected chi connectivity index (χ3v) is 4.26. The Morgan fingerprint density at radius 3 is 2.81 bits per heavy atom. The summed E-state index contributed by atoms with van der Waals surface area (Å²) in [6, 6.07) is 7.80. The van der Waals surface area contributed by atoms with E-state index in [0.29, 0.717) is 13.2 Å². The quantitative estimate of drug-likeness (QED) is 0.720. The van der Waals surface area contributed by atoms with Crippen molar-refractivity contribution in [2.45, 2.75) is 0 Å². The lowest BCUT2D eigenvalue weighted by Crippen LogP contribution is -2.09. The Bertz CT molecular complexity index is 742. The Hall–Kier alpha value is -1.69. The molecular weight excluding hydrogens is 306 g/mol. The van der Waals surface area contributed by atoms with Crippen molar-refractivity contribution < 1.29 is 4.74 Å². The summed E-state index contributed by atoms with van der Waals surface area (Å²) in [6.45, 7) is 1.34. The van der Waals surface area contributed by atoms with Crippen LogP contribution < -0.4 is 5.32 Å². The number of nitrogens with zero attached hydrogens (tertiary/aromatic N) is 2. The van der Waals surface area contributed by atoms with Gasteiger partial charge in [-0.15, -0.1) is 11.3 Å². The number of thiophene rings is 1. The molecule has 0 amide bonds. The molecule has 0 bridgehead atoms. The van der Waals surface area contributed by atoms with Gasteiger partial charge in [0.05, 0.1) is 12.0 Å². The first kappa shape index (κ1) is 14.3. The molecule has 0 radical (unpaired) electrons. The van der Waals surface area contributed by atoms with Gasteiger partial charge in [-0.1, -0.05) is 23.7 Å². The minimum atomic E-state index is 0.631. The monoisotopic (exact) mass is 319 g/mol. The molecule has 0 aliphatic carbocycles. The van der Waals surface area contributed by atoms with Crippen molar-refractivity contribution in [3.05, 3.63) is 41.0 Å². The molecule has 21 heavy (non-hydrogen) atoms. The summed E-state index contributed by atoms with van der Waals surface area (Å²) in [7, 11) is 1.68. The first-order valence-corrected chi connectivity index (χ1v) is 7.76. The molecule has 108 valence electrons. The number of rotatable bonds is 5. The molecule has 3 aromatic rings. The van der Waals surface area contributed by atoms with Gasteiger partial charge in [0.2, 0.25) is 0 Å². The average Bonchev–Trinajstić information content (AvgIpc) is 2.93. The van der Waals surface area contributed by atoms with Gasteiger partial charge in [0, 0.05) is 29.6 Å². The van der Waals surface area contributed by atoms with E-state index in [4.69, 9.17) is 16.3 Å². The highest BCUT2D eigenvalue weighted by Crippen LogP contribution is 2.36. The van der Waals surface area contributed by atoms with Crippen LogP contribution in [0.2, 0.25) is 5.02 Å². The minimum Gasteiger partial charge on any atom is -0.383 e. The molecule has 1 aromatic carbocycles. The SMILES string of the molecule is COCCNc1ncnc2scc(-c3ccc(Cl)cc3)c12. The second kappa shape index (κ2) is 6.39. The summed E-state index contributed by atoms with van der Waals surface area (Å²) >= 11 is 7.57. The van der Waals surface area contributed by atoms with E-state index in [-0.39, 0.29) is 0 Å². The van der Waals surface area contributed by atoms with Gasteiger partial charge in [0.15, 0.2) is 0 Å². The Morgan fingerprint density at radius 2 is 2.05 bits per heavy atom. The van der Waals surface area contributed by atoms with Crippen LogP contribution in [0.5, 0.6) is 0 Å². The van der Waals surface area contributed by atoms with E-state index >= 15 is 0 Å². The number of nitrogens with one attached hydrogen (secondary N) is 1. The van der Waals surface area contributed by atoms with Gasteiger partial charge >= 0.3 is 0 Å². The topological polar surface area (TPSA) is 47.0 Å². The lowest BCUT2D eigenvalue weighted by atomic mass is 10.1. The third-order valence-electron chi connectivity index (χ3n) is 3.12. The zero-order chi connectivity index (χ0) is 14.7. The van der Waals surface area contributed by atoms with Crippen molar-refractivity contribution in [2.75, 3.05) is 25.6 Å². The number of methoxy groups -OCH3 is 1. The van der Waals surface area contributed by atoms with E-state index in [0.717, 1.165) is 32.2 Å². The van der Waals surface area contributed by atoms with Crippen LogP contribution in [-0.2, 0) is 4.74 Å². The summed E-state index contributed by atoms with van der Waals surface area (Å²) in [4.78, 5) is 9.67. The predicted molar refractivity (Wildman–Crippen MR) is 88.2 cm³/mol. The largest absolute Gasteiger partial charge is 0.383 e. The maximum atomic E-state index is 5.96. The van der Waals surface area contributed by atoms with Gasteiger partial charge in [-0.05, 0) is 17.7 Å². The van der Waals surface area contributed by atoms with E-state index in [2.05, 4.69) is 20.7 Å². The van der Waals surface area contributed by atoms with Gasteiger partial charge < -0.3 is 10.1 Å². The molecule has 0 spiro atoms. The van der Waals surface area contributed by atoms with Gasteiger partial charge in [-0.25, -0.2) is 9.97 Å². The van der Waals surface area contributed by atoms with Crippen LogP contribution >= 0.6 is 22.9 Å². The van der Waals surface area contributed by atoms with Crippen molar-refractivity contribution >= 4 is 39.0 Å². The van der Waals surface area contributed by atoms with Crippen molar-refractivity contribution in [2.24, 2.45) is 0 Å². The number of fused-ring (bicyclic) bond motifs is 1. The highest BCUT2D eigenvalue weighted by Gasteiger charge is 2.12. The molecule has 0 aliphatic rings. The number of halogens is 1. The van der Waals surface area contributed by atoms with E-state index in [1.165, 1.54) is 0 Å². The van der Waals surface area contributed by atoms with Crippen LogP contribution in [0.25, 0.3) is 21.3 Å². The molecule has 2 heterocycles. The van der Waals surface area contributed by atoms with E-state index in [9.17, 15) is 0 Å². The van der Waals surface area contributed by atoms with E-state index in [1.807, 2.05) is 24.3 Å². The lowest BCUT2D eigenvalue weighted by Gasteiger charge is -2.08. The predicted octanol–water partition coefficient (Wildman–Crippen LogP) is 4.07. The summed E-state index contributed by atoms with van der Waals surface area (Å²) in [5.74, 6) is 0.836. The zero-order valence-electron chi connectivity index (χ0n) is 11.5. The van der Waals surface area contributed by atoms with Crippen LogP contribution in [0.1, 0.15) is 0 Å². The molecule has 1 N–H and O–H groups in total. The number of hydrogen-bond donors (Lipinski definition) is 1. The van der Waals surface area contributed by atoms with Gasteiger partial charge in [-0.2, -0.15) is 0 Å². The molecular formula is C15H14ClN3OS. The van der Waals surface area contributed by atoms with Crippen molar-refractivity contribution in [3.8, 4) is 11.1 Å². The second-order valence-electron chi connectivity index (χ2n) is 4.48. The molecule has 0 aliphatic heterocycles. The molecule has 0 unspecified atom stereocenters. The Kier molecular flexibility index (Phi) is 4.34. The lowest BCUT2D eigenvalue weighted by molar-refractivity contribution is 0.210. The van der Waals surface area contributed by atoms with Crippen molar-refractivity contribution in [1.29, 1.82) is 0 Å². The van der Waals surface area contributed by atoms with Gasteiger partial charge in [0.25, 0.3) is 0 Å². The maximum absolute atomic E-state index is 5.96. The standard InChI is InChI=1S/C15H14ClN3OS/c1-20-7-6-17-14-13-12(8-21-15(13)19-9-18-14)10-2-4-11(16)5-3-10/h2-5,8-9H,6-7H2,1H3,(H,17,18,19). The van der Waals surface area contributed by atoms with Crippen LogP contribution in [0.4, 0.5) is 5.82 Å². The fraction of sp³-hybridized carbons (Fsp3) is 0.200. The van der Waals surface area contributed by atoms with Crippen LogP contribution in [-0.4, -0.2) is 30.2 Å². The van der Waals surface area contributed by atoms with Crippen LogP contribution in [0, 0.1) is 0 Å². The second-order valence-corrected chi connectivity index (χ2v) is 5.77. The molecule has 6 heteroatoms. The molecule has 4 nitrogen and oxygen atoms in total. The van der Waals surface area contributed by atoms with Crippen molar-refractivity contribution in [1.82, 2.24) is 9.97 Å². The molecule has 2 aromatic heterocycles. The number of benzene rings is 1. The number of anilines is 1. The Morgan fingerprint density at radius 1 is 1.24 bits per heavy atom. The average molecular weight is 320 g/mol. The summed E-state index contributed by atoms with van der Waals surface area (Å²) in [5.41, 5.74) is 2.22. The Balaban J connectivity index is 2.04. The number of aromatic nitrogens is 2. The Labute approximate surface area is 131 Å². The summed E-state index contributed by atoms with van der Waals surface area (Å²) in [5, 5.41) is 7.17. The number of ether oxygens (including phenoxy) is 1. The fourth-order valence-corrected chi connectivity index (χ4v) is 3.16. The maximum Gasteiger partial charge on any atom is 0.138 e. The molecule has 0 fully saturated rings. The van der Waals surface area contributed by atoms with Crippen LogP contribution in [0.15, 0.2) is 36.0 Å². The fourth-order valence-electron chi connectivity index (χ4n) is 2.12. The van der Waals surface area contributed by atoms with Crippen LogP contribution in [0.3, 0.4) is 0 Å². The van der Waals surface area contributed by atoms with Crippen molar-refractivity contribution in [3.63, 3.8) is 0 Å². The zero-order valence-corrected chi connectivity index (χ0v) is 13.0. The molecule has 0 atom stereocenters. The summed E-state index contributed by atoms with van der Waals surface area (Å²) in [6.07, 6.45) is 1.58. The van der Waals surface area contributed by atoms with E-state index in [1.54, 1.807) is 24.8 Å². The summed E-state index contributed by atoms with van der Waals surface area (Å²) < 4.78 is 5.07. The van der Waals surface area contributed by atoms with E-state index < -0.39 is 0 Å². The third kappa shape index (κ3) is 3.00. The number of hydrogen-bond acceptors (Lipinski definition) is 5. The minimum absolute atomic E-state index is 0.631. The van der Waals surface area contributed by atoms with Gasteiger partial charge in [0.1, 0.15) is 17.0 Å². The first-order valence-electron chi connectivity index (χ1n) is 6.50. The molecule has 0 saturated carbocycles. The molecule has 3 rings (SSSR count). The normalized spacial score (nSPS) is 11.0. The highest BCUT2D eigenvalue weighted by atomic mass is 35.5.